The fraction of sp³-hybridized carbons (Fsp3) is 0.467. The van der Waals surface area contributed by atoms with Crippen LogP contribution in [0.1, 0.15) is 33.1 Å². The van der Waals surface area contributed by atoms with Crippen LogP contribution in [0.25, 0.3) is 0 Å². The van der Waals surface area contributed by atoms with Crippen LogP contribution in [0.5, 0.6) is 5.75 Å². The van der Waals surface area contributed by atoms with E-state index < -0.39 is 18.5 Å². The minimum Gasteiger partial charge on any atom is -0.508 e. The van der Waals surface area contributed by atoms with E-state index in [-0.39, 0.29) is 11.8 Å². The predicted octanol–water partition coefficient (Wildman–Crippen LogP) is 2.57. The van der Waals surface area contributed by atoms with Crippen molar-refractivity contribution in [3.63, 3.8) is 0 Å². The Morgan fingerprint density at radius 1 is 1.24 bits per heavy atom. The van der Waals surface area contributed by atoms with Gasteiger partial charge in [0.2, 0.25) is 0 Å². The first kappa shape index (κ1) is 16.8. The summed E-state index contributed by atoms with van der Waals surface area (Å²) in [5, 5.41) is 21.1. The number of anilines is 1. The molecule has 0 spiro atoms. The van der Waals surface area contributed by atoms with E-state index in [1.807, 2.05) is 13.8 Å². The minimum atomic E-state index is -1.10. The van der Waals surface area contributed by atoms with E-state index in [4.69, 9.17) is 5.11 Å². The van der Waals surface area contributed by atoms with Crippen molar-refractivity contribution in [2.24, 2.45) is 0 Å². The third-order valence-electron chi connectivity index (χ3n) is 3.16. The molecule has 0 aromatic heterocycles. The van der Waals surface area contributed by atoms with Gasteiger partial charge in [-0.2, -0.15) is 0 Å². The molecule has 1 unspecified atom stereocenters. The van der Waals surface area contributed by atoms with Crippen LogP contribution in [0.4, 0.5) is 10.5 Å². The Morgan fingerprint density at radius 2 is 1.86 bits per heavy atom. The lowest BCUT2D eigenvalue weighted by Gasteiger charge is -2.25. The minimum absolute atomic E-state index is 0.0240. The van der Waals surface area contributed by atoms with Gasteiger partial charge in [-0.3, -0.25) is 9.69 Å². The van der Waals surface area contributed by atoms with E-state index in [1.165, 1.54) is 24.3 Å². The normalized spacial score (nSPS) is 11.7. The second kappa shape index (κ2) is 8.14. The zero-order chi connectivity index (χ0) is 15.8. The number of carboxylic acids is 1. The Labute approximate surface area is 124 Å². The number of urea groups is 1. The molecule has 21 heavy (non-hydrogen) atoms. The van der Waals surface area contributed by atoms with Crippen LogP contribution in [0.3, 0.4) is 0 Å². The zero-order valence-electron chi connectivity index (χ0n) is 12.4. The lowest BCUT2D eigenvalue weighted by molar-refractivity contribution is -0.135. The van der Waals surface area contributed by atoms with Crippen LogP contribution < -0.4 is 10.2 Å². The quantitative estimate of drug-likeness (QED) is 0.721. The molecule has 2 amide bonds. The molecule has 6 nitrogen and oxygen atoms in total. The average molecular weight is 294 g/mol. The number of hydrogen-bond donors (Lipinski definition) is 3. The number of aliphatic carboxylic acids is 1. The van der Waals surface area contributed by atoms with Crippen molar-refractivity contribution in [2.45, 2.75) is 39.2 Å². The number of benzene rings is 1. The molecule has 1 aromatic carbocycles. The standard InChI is InChI=1S/C15H22N2O4/c1-3-5-11(4-2)16-15(21)17(10-14(19)20)12-6-8-13(18)9-7-12/h6-9,11,18H,3-5,10H2,1-2H3,(H,16,21)(H,19,20). The second-order valence-electron chi connectivity index (χ2n) is 4.84. The van der Waals surface area contributed by atoms with Crippen LogP contribution in [0, 0.1) is 0 Å². The van der Waals surface area contributed by atoms with Gasteiger partial charge in [0.1, 0.15) is 12.3 Å². The highest BCUT2D eigenvalue weighted by atomic mass is 16.4. The summed E-state index contributed by atoms with van der Waals surface area (Å²) >= 11 is 0. The lowest BCUT2D eigenvalue weighted by Crippen LogP contribution is -2.46. The van der Waals surface area contributed by atoms with Gasteiger partial charge < -0.3 is 15.5 Å². The molecule has 0 saturated carbocycles. The van der Waals surface area contributed by atoms with Gasteiger partial charge in [-0.25, -0.2) is 4.79 Å². The molecule has 0 aliphatic carbocycles. The smallest absolute Gasteiger partial charge is 0.323 e. The highest BCUT2D eigenvalue weighted by Crippen LogP contribution is 2.18. The second-order valence-corrected chi connectivity index (χ2v) is 4.84. The van der Waals surface area contributed by atoms with Crippen molar-refractivity contribution in [3.8, 4) is 5.75 Å². The summed E-state index contributed by atoms with van der Waals surface area (Å²) in [6, 6.07) is 5.44. The number of nitrogens with zero attached hydrogens (tertiary/aromatic N) is 1. The maximum atomic E-state index is 12.3. The predicted molar refractivity (Wildman–Crippen MR) is 80.6 cm³/mol. The summed E-state index contributed by atoms with van der Waals surface area (Å²) < 4.78 is 0. The highest BCUT2D eigenvalue weighted by Gasteiger charge is 2.20. The van der Waals surface area contributed by atoms with Crippen LogP contribution >= 0.6 is 0 Å². The molecule has 0 aliphatic rings. The fourth-order valence-electron chi connectivity index (χ4n) is 2.03. The van der Waals surface area contributed by atoms with Crippen LogP contribution in [0.15, 0.2) is 24.3 Å². The third kappa shape index (κ3) is 5.33. The monoisotopic (exact) mass is 294 g/mol. The molecule has 1 aromatic rings. The van der Waals surface area contributed by atoms with Crippen molar-refractivity contribution in [3.05, 3.63) is 24.3 Å². The highest BCUT2D eigenvalue weighted by molar-refractivity contribution is 5.96. The molecule has 116 valence electrons. The number of nitrogens with one attached hydrogen (secondary N) is 1. The summed E-state index contributed by atoms with van der Waals surface area (Å²) in [7, 11) is 0. The average Bonchev–Trinajstić information content (AvgIpc) is 2.45. The molecule has 1 rings (SSSR count). The topological polar surface area (TPSA) is 89.9 Å². The first-order valence-corrected chi connectivity index (χ1v) is 7.06. The van der Waals surface area contributed by atoms with E-state index in [0.29, 0.717) is 5.69 Å². The van der Waals surface area contributed by atoms with Gasteiger partial charge in [0.15, 0.2) is 0 Å². The molecule has 0 aliphatic heterocycles. The molecule has 0 saturated heterocycles. The number of carboxylic acid groups (broad SMARTS) is 1. The van der Waals surface area contributed by atoms with Crippen molar-refractivity contribution in [1.29, 1.82) is 0 Å². The number of phenolic OH excluding ortho intramolecular Hbond substituents is 1. The van der Waals surface area contributed by atoms with E-state index in [2.05, 4.69) is 5.32 Å². The third-order valence-corrected chi connectivity index (χ3v) is 3.16. The largest absolute Gasteiger partial charge is 0.508 e. The van der Waals surface area contributed by atoms with E-state index in [0.717, 1.165) is 24.2 Å². The number of carbonyl (C=O) groups is 2. The summed E-state index contributed by atoms with van der Waals surface area (Å²) in [5.41, 5.74) is 0.430. The summed E-state index contributed by atoms with van der Waals surface area (Å²) in [4.78, 5) is 24.4. The molecular formula is C15H22N2O4. The Balaban J connectivity index is 2.88. The SMILES string of the molecule is CCCC(CC)NC(=O)N(CC(=O)O)c1ccc(O)cc1. The van der Waals surface area contributed by atoms with Crippen LogP contribution in [-0.2, 0) is 4.79 Å². The Kier molecular flexibility index (Phi) is 6.52. The molecule has 1 atom stereocenters. The van der Waals surface area contributed by atoms with Crippen molar-refractivity contribution < 1.29 is 19.8 Å². The zero-order valence-corrected chi connectivity index (χ0v) is 12.4. The Bertz CT molecular complexity index is 473. The molecule has 0 radical (unpaired) electrons. The lowest BCUT2D eigenvalue weighted by atomic mass is 10.1. The van der Waals surface area contributed by atoms with Crippen molar-refractivity contribution in [1.82, 2.24) is 5.32 Å². The van der Waals surface area contributed by atoms with Gasteiger partial charge >= 0.3 is 12.0 Å². The van der Waals surface area contributed by atoms with E-state index in [9.17, 15) is 14.7 Å². The van der Waals surface area contributed by atoms with Crippen LogP contribution in [-0.4, -0.2) is 34.8 Å². The van der Waals surface area contributed by atoms with Gasteiger partial charge in [-0.1, -0.05) is 20.3 Å². The van der Waals surface area contributed by atoms with Crippen molar-refractivity contribution in [2.75, 3.05) is 11.4 Å². The number of hydrogen-bond acceptors (Lipinski definition) is 3. The Hall–Kier alpha value is -2.24. The summed E-state index contributed by atoms with van der Waals surface area (Å²) in [5.74, 6) is -1.03. The molecule has 6 heteroatoms. The van der Waals surface area contributed by atoms with Gasteiger partial charge in [-0.15, -0.1) is 0 Å². The Morgan fingerprint density at radius 3 is 2.33 bits per heavy atom. The molecule has 0 bridgehead atoms. The number of rotatable bonds is 7. The van der Waals surface area contributed by atoms with Gasteiger partial charge in [-0.05, 0) is 37.1 Å². The fourth-order valence-corrected chi connectivity index (χ4v) is 2.03. The van der Waals surface area contributed by atoms with Crippen molar-refractivity contribution >= 4 is 17.7 Å². The van der Waals surface area contributed by atoms with Gasteiger partial charge in [0, 0.05) is 11.7 Å². The summed E-state index contributed by atoms with van der Waals surface area (Å²) in [6.07, 6.45) is 2.58. The van der Waals surface area contributed by atoms with E-state index >= 15 is 0 Å². The van der Waals surface area contributed by atoms with Gasteiger partial charge in [0.25, 0.3) is 0 Å². The number of amides is 2. The van der Waals surface area contributed by atoms with Gasteiger partial charge in [0.05, 0.1) is 0 Å². The maximum absolute atomic E-state index is 12.3. The van der Waals surface area contributed by atoms with Crippen LogP contribution in [0.2, 0.25) is 0 Å². The first-order valence-electron chi connectivity index (χ1n) is 7.06. The number of aromatic hydroxyl groups is 1. The molecular weight excluding hydrogens is 272 g/mol. The molecule has 3 N–H and O–H groups in total. The van der Waals surface area contributed by atoms with E-state index in [1.54, 1.807) is 0 Å². The molecule has 0 fully saturated rings. The number of phenols is 1. The summed E-state index contributed by atoms with van der Waals surface area (Å²) in [6.45, 7) is 3.58. The number of carbonyl (C=O) groups excluding carboxylic acids is 1. The maximum Gasteiger partial charge on any atom is 0.323 e. The first-order chi connectivity index (χ1) is 9.97. The molecule has 0 heterocycles.